The van der Waals surface area contributed by atoms with Gasteiger partial charge in [0.2, 0.25) is 0 Å². The summed E-state index contributed by atoms with van der Waals surface area (Å²) in [5.41, 5.74) is 7.16. The summed E-state index contributed by atoms with van der Waals surface area (Å²) < 4.78 is 13.9. The van der Waals surface area contributed by atoms with Crippen LogP contribution >= 0.6 is 11.3 Å². The van der Waals surface area contributed by atoms with E-state index < -0.39 is 5.82 Å². The Balaban J connectivity index is 2.07. The Kier molecular flexibility index (Phi) is 2.68. The van der Waals surface area contributed by atoms with Crippen LogP contribution < -0.4 is 11.1 Å². The number of anilines is 1. The number of aromatic hydroxyl groups is 1. The third-order valence-corrected chi connectivity index (χ3v) is 4.10. The Morgan fingerprint density at radius 1 is 1.50 bits per heavy atom. The van der Waals surface area contributed by atoms with Crippen LogP contribution in [0.5, 0.6) is 5.75 Å². The van der Waals surface area contributed by atoms with Crippen LogP contribution in [0, 0.1) is 5.82 Å². The molecule has 2 heterocycles. The van der Waals surface area contributed by atoms with Crippen molar-refractivity contribution >= 4 is 16.5 Å². The highest BCUT2D eigenvalue weighted by Crippen LogP contribution is 2.36. The number of aromatic nitrogens is 1. The Bertz CT molecular complexity index is 599. The molecule has 1 aliphatic heterocycles. The molecule has 0 spiro atoms. The maximum absolute atomic E-state index is 13.9. The lowest BCUT2D eigenvalue weighted by atomic mass is 9.93. The molecule has 0 bridgehead atoms. The maximum Gasteiger partial charge on any atom is 0.180 e. The quantitative estimate of drug-likeness (QED) is 0.735. The van der Waals surface area contributed by atoms with E-state index in [1.807, 2.05) is 0 Å². The largest absolute Gasteiger partial charge is 0.508 e. The molecule has 2 aromatic rings. The van der Waals surface area contributed by atoms with E-state index in [2.05, 4.69) is 10.3 Å². The number of hydrogen-bond donors (Lipinski definition) is 3. The van der Waals surface area contributed by atoms with Gasteiger partial charge in [-0.1, -0.05) is 6.07 Å². The molecule has 18 heavy (non-hydrogen) atoms. The smallest absolute Gasteiger partial charge is 0.180 e. The average Bonchev–Trinajstić information content (AvgIpc) is 2.69. The normalized spacial score (nSPS) is 18.6. The van der Waals surface area contributed by atoms with E-state index in [0.717, 1.165) is 16.6 Å². The Hall–Kier alpha value is -1.66. The maximum atomic E-state index is 13.9. The lowest BCUT2D eigenvalue weighted by Gasteiger charge is -2.23. The van der Waals surface area contributed by atoms with Gasteiger partial charge in [0.15, 0.2) is 5.13 Å². The van der Waals surface area contributed by atoms with Crippen molar-refractivity contribution in [1.82, 2.24) is 10.3 Å². The molecule has 0 fully saturated rings. The predicted molar refractivity (Wildman–Crippen MR) is 68.1 cm³/mol. The average molecular weight is 265 g/mol. The SMILES string of the molecule is Nc1nc2c(s1)C(c1ccc(O)cc1F)CNC2. The van der Waals surface area contributed by atoms with Gasteiger partial charge in [-0.3, -0.25) is 0 Å². The van der Waals surface area contributed by atoms with Crippen molar-refractivity contribution in [2.24, 2.45) is 0 Å². The summed E-state index contributed by atoms with van der Waals surface area (Å²) in [6.45, 7) is 1.32. The van der Waals surface area contributed by atoms with Crippen molar-refractivity contribution in [3.05, 3.63) is 40.2 Å². The number of phenols is 1. The zero-order valence-corrected chi connectivity index (χ0v) is 10.3. The van der Waals surface area contributed by atoms with E-state index in [-0.39, 0.29) is 11.7 Å². The minimum absolute atomic E-state index is 0.0657. The first-order valence-corrected chi connectivity index (χ1v) is 6.41. The summed E-state index contributed by atoms with van der Waals surface area (Å²) in [7, 11) is 0. The summed E-state index contributed by atoms with van der Waals surface area (Å²) in [6, 6.07) is 4.24. The molecular weight excluding hydrogens is 253 g/mol. The van der Waals surface area contributed by atoms with Crippen LogP contribution in [0.1, 0.15) is 22.1 Å². The van der Waals surface area contributed by atoms with Gasteiger partial charge in [-0.15, -0.1) is 11.3 Å². The van der Waals surface area contributed by atoms with E-state index in [0.29, 0.717) is 23.8 Å². The second kappa shape index (κ2) is 4.22. The zero-order chi connectivity index (χ0) is 12.7. The lowest BCUT2D eigenvalue weighted by Crippen LogP contribution is -2.28. The summed E-state index contributed by atoms with van der Waals surface area (Å²) in [5, 5.41) is 13.0. The molecule has 0 saturated carbocycles. The van der Waals surface area contributed by atoms with Gasteiger partial charge < -0.3 is 16.2 Å². The van der Waals surface area contributed by atoms with Gasteiger partial charge in [0.05, 0.1) is 5.69 Å². The third kappa shape index (κ3) is 1.83. The molecule has 1 aromatic heterocycles. The van der Waals surface area contributed by atoms with Crippen molar-refractivity contribution in [3.63, 3.8) is 0 Å². The molecule has 6 heteroatoms. The Labute approximate surface area is 107 Å². The molecule has 0 radical (unpaired) electrons. The van der Waals surface area contributed by atoms with Gasteiger partial charge in [-0.2, -0.15) is 0 Å². The highest BCUT2D eigenvalue weighted by molar-refractivity contribution is 7.15. The zero-order valence-electron chi connectivity index (χ0n) is 9.48. The van der Waals surface area contributed by atoms with Gasteiger partial charge in [0.25, 0.3) is 0 Å². The minimum atomic E-state index is -0.401. The predicted octanol–water partition coefficient (Wildman–Crippen LogP) is 1.81. The van der Waals surface area contributed by atoms with Crippen molar-refractivity contribution < 1.29 is 9.50 Å². The molecule has 0 saturated heterocycles. The molecule has 1 atom stereocenters. The first-order chi connectivity index (χ1) is 8.65. The van der Waals surface area contributed by atoms with E-state index >= 15 is 0 Å². The number of fused-ring (bicyclic) bond motifs is 1. The number of nitrogen functional groups attached to an aromatic ring is 1. The number of benzene rings is 1. The summed E-state index contributed by atoms with van der Waals surface area (Å²) in [5.74, 6) is -0.560. The monoisotopic (exact) mass is 265 g/mol. The van der Waals surface area contributed by atoms with Crippen molar-refractivity contribution in [3.8, 4) is 5.75 Å². The molecule has 94 valence electrons. The third-order valence-electron chi connectivity index (χ3n) is 3.06. The number of nitrogens with one attached hydrogen (secondary N) is 1. The van der Waals surface area contributed by atoms with Crippen LogP contribution in [0.3, 0.4) is 0 Å². The number of hydrogen-bond acceptors (Lipinski definition) is 5. The molecule has 4 nitrogen and oxygen atoms in total. The van der Waals surface area contributed by atoms with Crippen molar-refractivity contribution in [2.75, 3.05) is 12.3 Å². The first kappa shape index (κ1) is 11.4. The highest BCUT2D eigenvalue weighted by atomic mass is 32.1. The van der Waals surface area contributed by atoms with Gasteiger partial charge in [-0.25, -0.2) is 9.37 Å². The van der Waals surface area contributed by atoms with Crippen LogP contribution in [-0.2, 0) is 6.54 Å². The number of nitrogens with zero attached hydrogens (tertiary/aromatic N) is 1. The van der Waals surface area contributed by atoms with Gasteiger partial charge in [0.1, 0.15) is 11.6 Å². The molecular formula is C12H12FN3OS. The van der Waals surface area contributed by atoms with Crippen LogP contribution in [0.25, 0.3) is 0 Å². The van der Waals surface area contributed by atoms with Gasteiger partial charge >= 0.3 is 0 Å². The second-order valence-electron chi connectivity index (χ2n) is 4.25. The number of rotatable bonds is 1. The molecule has 1 unspecified atom stereocenters. The number of phenolic OH excluding ortho intramolecular Hbond substituents is 1. The molecule has 1 aromatic carbocycles. The summed E-state index contributed by atoms with van der Waals surface area (Å²) in [4.78, 5) is 5.25. The highest BCUT2D eigenvalue weighted by Gasteiger charge is 2.27. The first-order valence-electron chi connectivity index (χ1n) is 5.59. The van der Waals surface area contributed by atoms with Crippen LogP contribution in [0.4, 0.5) is 9.52 Å². The molecule has 1 aliphatic rings. The van der Waals surface area contributed by atoms with E-state index in [1.165, 1.54) is 17.4 Å². The lowest BCUT2D eigenvalue weighted by molar-refractivity contribution is 0.466. The number of thiazole rings is 1. The fourth-order valence-corrected chi connectivity index (χ4v) is 3.23. The standard InChI is InChI=1S/C12H12FN3OS/c13-9-3-6(17)1-2-7(9)8-4-15-5-10-11(8)18-12(14)16-10/h1-3,8,15,17H,4-5H2,(H2,14,16). The summed E-state index contributed by atoms with van der Waals surface area (Å²) >= 11 is 1.40. The minimum Gasteiger partial charge on any atom is -0.508 e. The number of halogens is 1. The Morgan fingerprint density at radius 2 is 2.33 bits per heavy atom. The fraction of sp³-hybridized carbons (Fsp3) is 0.250. The molecule has 0 aliphatic carbocycles. The fourth-order valence-electron chi connectivity index (χ4n) is 2.26. The topological polar surface area (TPSA) is 71.2 Å². The van der Waals surface area contributed by atoms with Crippen LogP contribution in [0.15, 0.2) is 18.2 Å². The van der Waals surface area contributed by atoms with E-state index in [1.54, 1.807) is 6.07 Å². The van der Waals surface area contributed by atoms with Crippen LogP contribution in [0.2, 0.25) is 0 Å². The Morgan fingerprint density at radius 3 is 3.11 bits per heavy atom. The number of nitrogens with two attached hydrogens (primary N) is 1. The summed E-state index contributed by atoms with van der Waals surface area (Å²) in [6.07, 6.45) is 0. The van der Waals surface area contributed by atoms with E-state index in [9.17, 15) is 9.50 Å². The van der Waals surface area contributed by atoms with Crippen molar-refractivity contribution in [1.29, 1.82) is 0 Å². The molecule has 3 rings (SSSR count). The second-order valence-corrected chi connectivity index (χ2v) is 5.31. The van der Waals surface area contributed by atoms with Crippen LogP contribution in [-0.4, -0.2) is 16.6 Å². The van der Waals surface area contributed by atoms with Gasteiger partial charge in [-0.05, 0) is 11.6 Å². The van der Waals surface area contributed by atoms with Crippen molar-refractivity contribution in [2.45, 2.75) is 12.5 Å². The van der Waals surface area contributed by atoms with Gasteiger partial charge in [0, 0.05) is 30.0 Å². The molecule has 4 N–H and O–H groups in total. The van der Waals surface area contributed by atoms with E-state index in [4.69, 9.17) is 5.73 Å². The molecule has 0 amide bonds.